The van der Waals surface area contributed by atoms with Crippen molar-refractivity contribution in [2.24, 2.45) is 5.41 Å². The van der Waals surface area contributed by atoms with Gasteiger partial charge in [-0.25, -0.2) is 0 Å². The zero-order valence-electron chi connectivity index (χ0n) is 35.5. The van der Waals surface area contributed by atoms with Crippen molar-refractivity contribution < 1.29 is 17.3 Å². The molecule has 8 aromatic carbocycles. The molecule has 0 nitrogen and oxygen atoms in total. The molecular formula is C56H53ClP4Ru. The fourth-order valence-electron chi connectivity index (χ4n) is 6.40. The molecule has 62 heavy (non-hydrogen) atoms. The standard InChI is InChI=1S/2C25H22P2.C6H9.ClH.Ru/c2*1-5-13-22(14-6-1)26(23-15-7-2-8-16-23)21-27(24-17-9-3-10-18-24)25-19-11-4-12-20-25;1-5-6(2,3)4;;/h2*1-20H,21H2;2-4H3;1H;/q;;-1;;+2/p-1. The predicted octanol–water partition coefficient (Wildman–Crippen LogP) is 12.7. The molecule has 0 spiro atoms. The van der Waals surface area contributed by atoms with Gasteiger partial charge in [-0.2, -0.15) is 0 Å². The Kier molecular flexibility index (Phi) is 21.5. The minimum absolute atomic E-state index is 0.0417. The van der Waals surface area contributed by atoms with Crippen LogP contribution < -0.4 is 42.4 Å². The Balaban J connectivity index is 0.000000200. The summed E-state index contributed by atoms with van der Waals surface area (Å²) in [4.78, 5) is 0. The summed E-state index contributed by atoms with van der Waals surface area (Å²) in [7, 11) is 2.93. The van der Waals surface area contributed by atoms with Crippen LogP contribution in [-0.2, 0) is 17.3 Å². The van der Waals surface area contributed by atoms with Crippen LogP contribution in [0.1, 0.15) is 20.8 Å². The Morgan fingerprint density at radius 3 is 0.532 bits per heavy atom. The summed E-state index contributed by atoms with van der Waals surface area (Å²) in [5.41, 5.74) is -0.0417. The van der Waals surface area contributed by atoms with Gasteiger partial charge in [-0.3, -0.25) is 0 Å². The summed E-state index contributed by atoms with van der Waals surface area (Å²) < 4.78 is 0. The molecule has 8 aromatic rings. The molecule has 0 heterocycles. The van der Waals surface area contributed by atoms with E-state index in [1.54, 1.807) is 0 Å². The third-order valence-electron chi connectivity index (χ3n) is 9.48. The Morgan fingerprint density at radius 2 is 0.435 bits per heavy atom. The van der Waals surface area contributed by atoms with Gasteiger partial charge < -0.3 is 12.3 Å². The Hall–Kier alpha value is -4.05. The van der Waals surface area contributed by atoms with E-state index in [1.165, 1.54) is 54.2 Å². The number of halogens is 1. The molecule has 0 unspecified atom stereocenters. The third kappa shape index (κ3) is 15.9. The van der Waals surface area contributed by atoms with E-state index < -0.39 is 31.7 Å². The molecule has 0 aromatic heterocycles. The molecule has 0 atom stereocenters. The second-order valence-electron chi connectivity index (χ2n) is 15.1. The van der Waals surface area contributed by atoms with Gasteiger partial charge in [0.25, 0.3) is 0 Å². The molecule has 0 radical (unpaired) electrons. The van der Waals surface area contributed by atoms with E-state index in [1.807, 2.05) is 38.1 Å². The molecule has 0 bridgehead atoms. The maximum Gasteiger partial charge on any atom is 0.00405 e. The van der Waals surface area contributed by atoms with Crippen LogP contribution in [0.2, 0.25) is 0 Å². The van der Waals surface area contributed by atoms with Crippen molar-refractivity contribution in [3.63, 3.8) is 0 Å². The van der Waals surface area contributed by atoms with Crippen LogP contribution in [0, 0.1) is 17.8 Å². The average Bonchev–Trinajstić information content (AvgIpc) is 3.35. The van der Waals surface area contributed by atoms with E-state index >= 15 is 0 Å². The molecule has 0 fully saturated rings. The summed E-state index contributed by atoms with van der Waals surface area (Å²) in [5, 5.41) is 11.7. The number of rotatable bonds is 12. The molecule has 8 rings (SSSR count). The first-order valence-corrected chi connectivity index (χ1v) is 28.8. The first-order chi connectivity index (χ1) is 30.4. The maximum atomic E-state index is 6.60. The van der Waals surface area contributed by atoms with Gasteiger partial charge >= 0.3 is 27.0 Å². The van der Waals surface area contributed by atoms with Gasteiger partial charge in [0.15, 0.2) is 0 Å². The molecule has 0 aliphatic carbocycles. The number of hydrogen-bond donors (Lipinski definition) is 0. The van der Waals surface area contributed by atoms with Gasteiger partial charge in [-0.1, -0.05) is 263 Å². The second-order valence-corrected chi connectivity index (χ2v) is 24.9. The molecule has 0 N–H and O–H groups in total. The minimum Gasteiger partial charge on any atom is -0.0622 e. The van der Waals surface area contributed by atoms with Crippen molar-refractivity contribution in [1.29, 1.82) is 0 Å². The van der Waals surface area contributed by atoms with E-state index in [9.17, 15) is 0 Å². The summed E-state index contributed by atoms with van der Waals surface area (Å²) in [6.45, 7) is 5.83. The number of hydrogen-bond acceptors (Lipinski definition) is 0. The largest absolute Gasteiger partial charge is 0.0622 e. The van der Waals surface area contributed by atoms with Crippen LogP contribution in [0.5, 0.6) is 0 Å². The predicted molar refractivity (Wildman–Crippen MR) is 278 cm³/mol. The van der Waals surface area contributed by atoms with Crippen molar-refractivity contribution in [1.82, 2.24) is 0 Å². The molecule has 6 heteroatoms. The van der Waals surface area contributed by atoms with E-state index in [4.69, 9.17) is 6.42 Å². The summed E-state index contributed by atoms with van der Waals surface area (Å²) in [6, 6.07) is 88.3. The van der Waals surface area contributed by atoms with Crippen LogP contribution in [0.3, 0.4) is 0 Å². The molecule has 0 saturated heterocycles. The molecule has 0 amide bonds. The first kappa shape index (κ1) is 49.0. The van der Waals surface area contributed by atoms with Gasteiger partial charge in [0, 0.05) is 11.8 Å². The molecule has 312 valence electrons. The molecule has 0 aliphatic heterocycles. The van der Waals surface area contributed by atoms with Crippen LogP contribution in [0.4, 0.5) is 0 Å². The normalized spacial score (nSPS) is 10.7. The van der Waals surface area contributed by atoms with Crippen LogP contribution >= 0.6 is 41.4 Å². The van der Waals surface area contributed by atoms with Crippen LogP contribution in [-0.4, -0.2) is 11.8 Å². The first-order valence-electron chi connectivity index (χ1n) is 20.5. The summed E-state index contributed by atoms with van der Waals surface area (Å²) >= 11 is 1.82. The monoisotopic (exact) mass is 986 g/mol. The summed E-state index contributed by atoms with van der Waals surface area (Å²) in [5.74, 6) is 4.70. The van der Waals surface area contributed by atoms with E-state index in [0.717, 1.165) is 0 Å². The van der Waals surface area contributed by atoms with E-state index in [2.05, 4.69) is 258 Å². The summed E-state index contributed by atoms with van der Waals surface area (Å²) in [6.07, 6.45) is 6.60. The molecular weight excluding hydrogens is 933 g/mol. The van der Waals surface area contributed by atoms with Crippen LogP contribution in [0.25, 0.3) is 0 Å². The zero-order chi connectivity index (χ0) is 43.8. The van der Waals surface area contributed by atoms with Gasteiger partial charge in [0.1, 0.15) is 0 Å². The third-order valence-corrected chi connectivity index (χ3v) is 21.4. The Bertz CT molecular complexity index is 1930. The smallest absolute Gasteiger partial charge is 0.00405 e. The van der Waals surface area contributed by atoms with Crippen LogP contribution in [0.15, 0.2) is 243 Å². The van der Waals surface area contributed by atoms with Crippen molar-refractivity contribution in [3.05, 3.63) is 249 Å². The molecule has 0 saturated carbocycles. The topological polar surface area (TPSA) is 0 Å². The fraction of sp³-hybridized carbons (Fsp3) is 0.107. The number of benzene rings is 8. The van der Waals surface area contributed by atoms with Crippen molar-refractivity contribution in [3.8, 4) is 5.92 Å². The average molecular weight is 986 g/mol. The van der Waals surface area contributed by atoms with Gasteiger partial charge in [-0.15, -0.1) is 0 Å². The quantitative estimate of drug-likeness (QED) is 0.0495. The Labute approximate surface area is 391 Å². The Morgan fingerprint density at radius 1 is 0.323 bits per heavy atom. The van der Waals surface area contributed by atoms with Gasteiger partial charge in [0.2, 0.25) is 0 Å². The van der Waals surface area contributed by atoms with E-state index in [0.29, 0.717) is 0 Å². The van der Waals surface area contributed by atoms with Crippen molar-refractivity contribution >= 4 is 83.8 Å². The maximum absolute atomic E-state index is 6.60. The second kappa shape index (κ2) is 27.2. The van der Waals surface area contributed by atoms with Gasteiger partial charge in [-0.05, 0) is 79.5 Å². The van der Waals surface area contributed by atoms with Crippen molar-refractivity contribution in [2.45, 2.75) is 20.8 Å². The van der Waals surface area contributed by atoms with E-state index in [-0.39, 0.29) is 5.41 Å². The van der Waals surface area contributed by atoms with Crippen molar-refractivity contribution in [2.75, 3.05) is 11.8 Å². The van der Waals surface area contributed by atoms with Gasteiger partial charge in [0.05, 0.1) is 0 Å². The minimum atomic E-state index is -0.409. The molecule has 0 aliphatic rings. The fourth-order valence-corrected chi connectivity index (χ4v) is 19.3. The SMILES string of the molecule is [C-]#CC(C)(C)C.[Cl][Ru+].c1ccc(P(CP(c2ccccc2)c2ccccc2)c2ccccc2)cc1.c1ccc(P(CP(c2ccccc2)c2ccccc2)c2ccccc2)cc1. The zero-order valence-corrected chi connectivity index (χ0v) is 41.6.